The smallest absolute Gasteiger partial charge is 0.257 e. The van der Waals surface area contributed by atoms with Crippen molar-refractivity contribution in [2.75, 3.05) is 10.6 Å². The molecule has 0 spiro atoms. The summed E-state index contributed by atoms with van der Waals surface area (Å²) in [6.45, 7) is 0. The van der Waals surface area contributed by atoms with E-state index in [2.05, 4.69) is 10.6 Å². The van der Waals surface area contributed by atoms with Crippen LogP contribution in [0.3, 0.4) is 0 Å². The van der Waals surface area contributed by atoms with Crippen LogP contribution in [0.15, 0.2) is 78.9 Å². The molecule has 140 valence electrons. The molecular weight excluding hydrogens is 395 g/mol. The average molecular weight is 411 g/mol. The molecule has 0 aromatic heterocycles. The number of halogens is 2. The molecule has 3 rings (SSSR count). The fourth-order valence-corrected chi connectivity index (χ4v) is 2.80. The number of rotatable bonds is 5. The summed E-state index contributed by atoms with van der Waals surface area (Å²) < 4.78 is 0. The first-order valence-corrected chi connectivity index (χ1v) is 9.17. The maximum atomic E-state index is 12.3. The third-order valence-corrected chi connectivity index (χ3v) is 4.39. The van der Waals surface area contributed by atoms with E-state index in [4.69, 9.17) is 23.2 Å². The van der Waals surface area contributed by atoms with Crippen molar-refractivity contribution in [2.24, 2.45) is 0 Å². The molecule has 0 aliphatic heterocycles. The minimum absolute atomic E-state index is 0.287. The molecule has 28 heavy (non-hydrogen) atoms. The Morgan fingerprint density at radius 3 is 2.18 bits per heavy atom. The molecule has 4 nitrogen and oxygen atoms in total. The molecule has 2 N–H and O–H groups in total. The summed E-state index contributed by atoms with van der Waals surface area (Å²) in [4.78, 5) is 24.5. The van der Waals surface area contributed by atoms with E-state index in [1.54, 1.807) is 66.7 Å². The lowest BCUT2D eigenvalue weighted by molar-refractivity contribution is -0.111. The Morgan fingerprint density at radius 2 is 1.46 bits per heavy atom. The van der Waals surface area contributed by atoms with E-state index in [9.17, 15) is 9.59 Å². The van der Waals surface area contributed by atoms with Crippen LogP contribution in [-0.4, -0.2) is 11.8 Å². The van der Waals surface area contributed by atoms with E-state index >= 15 is 0 Å². The third kappa shape index (κ3) is 5.46. The Bertz CT molecular complexity index is 1030. The highest BCUT2D eigenvalue weighted by atomic mass is 35.5. The Labute approximate surface area is 172 Å². The molecule has 0 aliphatic rings. The molecule has 0 aliphatic carbocycles. The Hall–Kier alpha value is -3.08. The Morgan fingerprint density at radius 1 is 0.786 bits per heavy atom. The summed E-state index contributed by atoms with van der Waals surface area (Å²) in [5.41, 5.74) is 2.34. The van der Waals surface area contributed by atoms with Crippen LogP contribution in [-0.2, 0) is 4.79 Å². The molecular formula is C22H16Cl2N2O2. The molecule has 0 unspecified atom stereocenters. The topological polar surface area (TPSA) is 58.2 Å². The molecule has 3 aromatic carbocycles. The van der Waals surface area contributed by atoms with Gasteiger partial charge in [-0.05, 0) is 54.1 Å². The second-order valence-corrected chi connectivity index (χ2v) is 6.73. The monoisotopic (exact) mass is 410 g/mol. The van der Waals surface area contributed by atoms with Gasteiger partial charge in [0.1, 0.15) is 0 Å². The van der Waals surface area contributed by atoms with Gasteiger partial charge in [0.15, 0.2) is 0 Å². The highest BCUT2D eigenvalue weighted by molar-refractivity contribution is 6.34. The first kappa shape index (κ1) is 19.7. The van der Waals surface area contributed by atoms with Crippen LogP contribution in [0.1, 0.15) is 15.9 Å². The lowest BCUT2D eigenvalue weighted by Crippen LogP contribution is -2.13. The molecule has 0 fully saturated rings. The zero-order chi connectivity index (χ0) is 19.9. The van der Waals surface area contributed by atoms with Gasteiger partial charge < -0.3 is 10.6 Å². The summed E-state index contributed by atoms with van der Waals surface area (Å²) in [5.74, 6) is -0.610. The third-order valence-electron chi connectivity index (χ3n) is 3.80. The number of nitrogens with one attached hydrogen (secondary N) is 2. The number of anilines is 2. The van der Waals surface area contributed by atoms with Crippen LogP contribution in [0, 0.1) is 0 Å². The van der Waals surface area contributed by atoms with Gasteiger partial charge >= 0.3 is 0 Å². The lowest BCUT2D eigenvalue weighted by atomic mass is 10.2. The maximum Gasteiger partial charge on any atom is 0.257 e. The van der Waals surface area contributed by atoms with Gasteiger partial charge in [0.05, 0.1) is 10.6 Å². The standard InChI is InChI=1S/C22H16Cl2N2O2/c23-16-11-8-15(9-12-16)10-13-21(27)25-17-4-3-5-18(14-17)26-22(28)19-6-1-2-7-20(19)24/h1-14H,(H,25,27)(H,26,28). The van der Waals surface area contributed by atoms with E-state index in [0.717, 1.165) is 5.56 Å². The highest BCUT2D eigenvalue weighted by Crippen LogP contribution is 2.19. The predicted octanol–water partition coefficient (Wildman–Crippen LogP) is 5.90. The van der Waals surface area contributed by atoms with Crippen molar-refractivity contribution in [2.45, 2.75) is 0 Å². The van der Waals surface area contributed by atoms with Crippen molar-refractivity contribution in [1.82, 2.24) is 0 Å². The molecule has 0 saturated carbocycles. The molecule has 0 bridgehead atoms. The van der Waals surface area contributed by atoms with Crippen molar-refractivity contribution in [1.29, 1.82) is 0 Å². The Balaban J connectivity index is 1.64. The fraction of sp³-hybridized carbons (Fsp3) is 0. The van der Waals surface area contributed by atoms with Gasteiger partial charge in [0, 0.05) is 22.5 Å². The summed E-state index contributed by atoms with van der Waals surface area (Å²) in [6.07, 6.45) is 3.12. The van der Waals surface area contributed by atoms with E-state index in [0.29, 0.717) is 27.0 Å². The van der Waals surface area contributed by atoms with Crippen LogP contribution >= 0.6 is 23.2 Å². The number of hydrogen-bond acceptors (Lipinski definition) is 2. The first-order chi connectivity index (χ1) is 13.5. The zero-order valence-electron chi connectivity index (χ0n) is 14.7. The van der Waals surface area contributed by atoms with Gasteiger partial charge in [0.2, 0.25) is 5.91 Å². The van der Waals surface area contributed by atoms with Crippen molar-refractivity contribution in [3.8, 4) is 0 Å². The zero-order valence-corrected chi connectivity index (χ0v) is 16.2. The van der Waals surface area contributed by atoms with Crippen LogP contribution in [0.5, 0.6) is 0 Å². The number of benzene rings is 3. The van der Waals surface area contributed by atoms with Gasteiger partial charge in [-0.15, -0.1) is 0 Å². The fourth-order valence-electron chi connectivity index (χ4n) is 2.45. The molecule has 0 saturated heterocycles. The molecule has 3 aromatic rings. The van der Waals surface area contributed by atoms with E-state index < -0.39 is 0 Å². The normalized spacial score (nSPS) is 10.6. The van der Waals surface area contributed by atoms with E-state index in [1.807, 2.05) is 12.1 Å². The predicted molar refractivity (Wildman–Crippen MR) is 115 cm³/mol. The quantitative estimate of drug-likeness (QED) is 0.514. The molecule has 0 heterocycles. The first-order valence-electron chi connectivity index (χ1n) is 8.42. The number of amides is 2. The van der Waals surface area contributed by atoms with Crippen molar-refractivity contribution in [3.63, 3.8) is 0 Å². The minimum Gasteiger partial charge on any atom is -0.322 e. The SMILES string of the molecule is O=C(C=Cc1ccc(Cl)cc1)Nc1cccc(NC(=O)c2ccccc2Cl)c1. The van der Waals surface area contributed by atoms with E-state index in [-0.39, 0.29) is 11.8 Å². The highest BCUT2D eigenvalue weighted by Gasteiger charge is 2.10. The summed E-state index contributed by atoms with van der Waals surface area (Å²) in [6, 6.07) is 20.8. The number of carbonyl (C=O) groups is 2. The van der Waals surface area contributed by atoms with Gasteiger partial charge in [0.25, 0.3) is 5.91 Å². The van der Waals surface area contributed by atoms with Gasteiger partial charge in [-0.1, -0.05) is 53.5 Å². The lowest BCUT2D eigenvalue weighted by Gasteiger charge is -2.09. The van der Waals surface area contributed by atoms with Gasteiger partial charge in [-0.2, -0.15) is 0 Å². The van der Waals surface area contributed by atoms with Crippen LogP contribution in [0.25, 0.3) is 6.08 Å². The summed E-state index contributed by atoms with van der Waals surface area (Å²) in [7, 11) is 0. The van der Waals surface area contributed by atoms with Crippen molar-refractivity contribution >= 4 is 52.5 Å². The van der Waals surface area contributed by atoms with Crippen LogP contribution < -0.4 is 10.6 Å². The Kier molecular flexibility index (Phi) is 6.48. The van der Waals surface area contributed by atoms with Crippen molar-refractivity contribution in [3.05, 3.63) is 100 Å². The molecule has 2 amide bonds. The largest absolute Gasteiger partial charge is 0.322 e. The molecule has 0 atom stereocenters. The molecule has 0 radical (unpaired) electrons. The van der Waals surface area contributed by atoms with Crippen molar-refractivity contribution < 1.29 is 9.59 Å². The maximum absolute atomic E-state index is 12.3. The van der Waals surface area contributed by atoms with Gasteiger partial charge in [-0.3, -0.25) is 9.59 Å². The van der Waals surface area contributed by atoms with Gasteiger partial charge in [-0.25, -0.2) is 0 Å². The average Bonchev–Trinajstić information content (AvgIpc) is 2.68. The van der Waals surface area contributed by atoms with E-state index in [1.165, 1.54) is 6.08 Å². The van der Waals surface area contributed by atoms with Crippen LogP contribution in [0.4, 0.5) is 11.4 Å². The molecule has 6 heteroatoms. The van der Waals surface area contributed by atoms with Crippen LogP contribution in [0.2, 0.25) is 10.0 Å². The summed E-state index contributed by atoms with van der Waals surface area (Å²) in [5, 5.41) is 6.54. The second-order valence-electron chi connectivity index (χ2n) is 5.89. The summed E-state index contributed by atoms with van der Waals surface area (Å²) >= 11 is 11.9. The number of hydrogen-bond donors (Lipinski definition) is 2. The number of carbonyl (C=O) groups excluding carboxylic acids is 2. The second kappa shape index (κ2) is 9.22. The minimum atomic E-state index is -0.322.